The van der Waals surface area contributed by atoms with E-state index in [4.69, 9.17) is 4.74 Å². The van der Waals surface area contributed by atoms with Crippen molar-refractivity contribution in [3.8, 4) is 0 Å². The van der Waals surface area contributed by atoms with E-state index in [0.29, 0.717) is 11.9 Å². The highest BCUT2D eigenvalue weighted by Gasteiger charge is 2.33. The first-order chi connectivity index (χ1) is 9.41. The van der Waals surface area contributed by atoms with Gasteiger partial charge in [0.2, 0.25) is 0 Å². The number of anilines is 1. The van der Waals surface area contributed by atoms with Crippen LogP contribution in [0.15, 0.2) is 5.38 Å². The summed E-state index contributed by atoms with van der Waals surface area (Å²) in [4.78, 5) is 16.4. The fraction of sp³-hybridized carbons (Fsp3) is 0.714. The van der Waals surface area contributed by atoms with Crippen molar-refractivity contribution in [1.29, 1.82) is 0 Å². The summed E-state index contributed by atoms with van der Waals surface area (Å²) in [6, 6.07) is 0. The lowest BCUT2D eigenvalue weighted by Gasteiger charge is -2.19. The Morgan fingerprint density at radius 2 is 2.30 bits per heavy atom. The first kappa shape index (κ1) is 17.3. The molecule has 0 amide bonds. The summed E-state index contributed by atoms with van der Waals surface area (Å²) in [7, 11) is 0. The highest BCUT2D eigenvalue weighted by atomic mass is 32.2. The molecule has 1 N–H and O–H groups in total. The number of carbonyl (C=O) groups is 1. The Morgan fingerprint density at radius 1 is 1.60 bits per heavy atom. The summed E-state index contributed by atoms with van der Waals surface area (Å²) in [5, 5.41) is 6.75. The van der Waals surface area contributed by atoms with Crippen LogP contribution >= 0.6 is 23.1 Å². The zero-order valence-electron chi connectivity index (χ0n) is 12.9. The lowest BCUT2D eigenvalue weighted by molar-refractivity contribution is -0.148. The molecule has 0 aliphatic heterocycles. The van der Waals surface area contributed by atoms with Gasteiger partial charge < -0.3 is 10.1 Å². The van der Waals surface area contributed by atoms with Crippen molar-refractivity contribution in [3.05, 3.63) is 11.1 Å². The zero-order valence-corrected chi connectivity index (χ0v) is 14.5. The van der Waals surface area contributed by atoms with Crippen molar-refractivity contribution >= 4 is 34.2 Å². The van der Waals surface area contributed by atoms with Crippen molar-refractivity contribution in [2.24, 2.45) is 0 Å². The van der Waals surface area contributed by atoms with Gasteiger partial charge in [0.15, 0.2) is 5.13 Å². The fourth-order valence-electron chi connectivity index (χ4n) is 1.56. The van der Waals surface area contributed by atoms with E-state index in [1.807, 2.05) is 37.9 Å². The number of nitrogens with one attached hydrogen (secondary N) is 1. The quantitative estimate of drug-likeness (QED) is 0.743. The van der Waals surface area contributed by atoms with Crippen molar-refractivity contribution < 1.29 is 9.53 Å². The number of thioether (sulfide) groups is 1. The molecule has 0 aliphatic carbocycles. The minimum Gasteiger partial charge on any atom is -0.465 e. The second-order valence-electron chi connectivity index (χ2n) is 5.15. The molecule has 1 unspecified atom stereocenters. The van der Waals surface area contributed by atoms with Crippen LogP contribution in [0, 0.1) is 0 Å². The predicted octanol–water partition coefficient (Wildman–Crippen LogP) is 3.54. The highest BCUT2D eigenvalue weighted by molar-refractivity contribution is 7.99. The molecule has 114 valence electrons. The summed E-state index contributed by atoms with van der Waals surface area (Å²) in [5.41, 5.74) is 0.0697. The van der Waals surface area contributed by atoms with Crippen LogP contribution in [0.1, 0.15) is 39.8 Å². The Morgan fingerprint density at radius 3 is 2.90 bits per heavy atom. The molecule has 0 fully saturated rings. The Kier molecular flexibility index (Phi) is 6.82. The van der Waals surface area contributed by atoms with Crippen molar-refractivity contribution in [2.75, 3.05) is 24.7 Å². The molecular weight excluding hydrogens is 292 g/mol. The maximum absolute atomic E-state index is 11.9. The summed E-state index contributed by atoms with van der Waals surface area (Å²) in [6.45, 7) is 9.01. The number of aromatic nitrogens is 1. The van der Waals surface area contributed by atoms with E-state index in [9.17, 15) is 4.79 Å². The normalized spacial score (nSPS) is 13.1. The average Bonchev–Trinajstić information content (AvgIpc) is 2.88. The molecule has 1 atom stereocenters. The van der Waals surface area contributed by atoms with Gasteiger partial charge in [-0.1, -0.05) is 6.92 Å². The van der Waals surface area contributed by atoms with Gasteiger partial charge in [-0.3, -0.25) is 4.79 Å². The van der Waals surface area contributed by atoms with Crippen LogP contribution in [-0.4, -0.2) is 35.6 Å². The first-order valence-corrected chi connectivity index (χ1v) is 8.98. The van der Waals surface area contributed by atoms with Crippen molar-refractivity contribution in [1.82, 2.24) is 4.98 Å². The second-order valence-corrected chi connectivity index (χ2v) is 7.28. The minimum absolute atomic E-state index is 0.229. The van der Waals surface area contributed by atoms with E-state index in [-0.39, 0.29) is 5.97 Å². The van der Waals surface area contributed by atoms with E-state index in [0.717, 1.165) is 23.8 Å². The van der Waals surface area contributed by atoms with Crippen LogP contribution in [0.2, 0.25) is 0 Å². The van der Waals surface area contributed by atoms with Crippen LogP contribution < -0.4 is 5.32 Å². The van der Waals surface area contributed by atoms with Gasteiger partial charge >= 0.3 is 5.97 Å². The van der Waals surface area contributed by atoms with Crippen molar-refractivity contribution in [3.63, 3.8) is 0 Å². The summed E-state index contributed by atoms with van der Waals surface area (Å²) >= 11 is 3.39. The second kappa shape index (κ2) is 7.88. The van der Waals surface area contributed by atoms with Crippen LogP contribution in [0.4, 0.5) is 5.13 Å². The number of hydrogen-bond acceptors (Lipinski definition) is 6. The van der Waals surface area contributed by atoms with Gasteiger partial charge in [0, 0.05) is 17.2 Å². The molecule has 0 saturated carbocycles. The molecule has 0 aliphatic rings. The molecule has 0 radical (unpaired) electrons. The van der Waals surface area contributed by atoms with Crippen LogP contribution in [0.3, 0.4) is 0 Å². The third-order valence-electron chi connectivity index (χ3n) is 3.16. The van der Waals surface area contributed by atoms with Gasteiger partial charge in [0.05, 0.1) is 12.3 Å². The number of thiazole rings is 1. The predicted molar refractivity (Wildman–Crippen MR) is 87.9 cm³/mol. The van der Waals surface area contributed by atoms with Gasteiger partial charge in [0.1, 0.15) is 5.41 Å². The van der Waals surface area contributed by atoms with Gasteiger partial charge in [0.25, 0.3) is 0 Å². The number of esters is 1. The van der Waals surface area contributed by atoms with Crippen molar-refractivity contribution in [2.45, 2.75) is 44.8 Å². The van der Waals surface area contributed by atoms with E-state index < -0.39 is 5.41 Å². The lowest BCUT2D eigenvalue weighted by Crippen LogP contribution is -2.31. The highest BCUT2D eigenvalue weighted by Crippen LogP contribution is 2.28. The standard InChI is InChI=1S/C14H24N2O2S2/c1-6-18-12(17)14(3,4)11-9-20-13(16-11)15-8-7-10(2)19-5/h9-10H,6-8H2,1-5H3,(H,15,16). The smallest absolute Gasteiger partial charge is 0.317 e. The Labute approximate surface area is 129 Å². The summed E-state index contributed by atoms with van der Waals surface area (Å²) in [5.74, 6) is -0.229. The number of rotatable bonds is 8. The van der Waals surface area contributed by atoms with E-state index in [2.05, 4.69) is 23.5 Å². The van der Waals surface area contributed by atoms with Gasteiger partial charge in [-0.25, -0.2) is 4.98 Å². The van der Waals surface area contributed by atoms with E-state index in [1.54, 1.807) is 0 Å². The van der Waals surface area contributed by atoms with Crippen LogP contribution in [0.25, 0.3) is 0 Å². The molecule has 0 bridgehead atoms. The van der Waals surface area contributed by atoms with Crippen LogP contribution in [0.5, 0.6) is 0 Å². The SMILES string of the molecule is CCOC(=O)C(C)(C)c1csc(NCCC(C)SC)n1. The van der Waals surface area contributed by atoms with Crippen LogP contribution in [-0.2, 0) is 14.9 Å². The Hall–Kier alpha value is -0.750. The molecule has 0 saturated heterocycles. The minimum atomic E-state index is -0.695. The van der Waals surface area contributed by atoms with E-state index >= 15 is 0 Å². The molecule has 20 heavy (non-hydrogen) atoms. The summed E-state index contributed by atoms with van der Waals surface area (Å²) in [6.07, 6.45) is 3.21. The molecule has 0 spiro atoms. The monoisotopic (exact) mass is 316 g/mol. The zero-order chi connectivity index (χ0) is 15.2. The number of ether oxygens (including phenoxy) is 1. The topological polar surface area (TPSA) is 51.2 Å². The third-order valence-corrected chi connectivity index (χ3v) is 5.00. The molecule has 6 heteroatoms. The first-order valence-electron chi connectivity index (χ1n) is 6.81. The fourth-order valence-corrected chi connectivity index (χ4v) is 2.82. The number of nitrogens with zero attached hydrogens (tertiary/aromatic N) is 1. The Balaban J connectivity index is 2.60. The lowest BCUT2D eigenvalue weighted by atomic mass is 9.90. The summed E-state index contributed by atoms with van der Waals surface area (Å²) < 4.78 is 5.10. The molecule has 1 heterocycles. The molecule has 1 aromatic rings. The Bertz CT molecular complexity index is 433. The maximum atomic E-state index is 11.9. The molecule has 1 aromatic heterocycles. The maximum Gasteiger partial charge on any atom is 0.317 e. The molecular formula is C14H24N2O2S2. The van der Waals surface area contributed by atoms with Gasteiger partial charge in [-0.05, 0) is 33.4 Å². The molecule has 0 aromatic carbocycles. The van der Waals surface area contributed by atoms with E-state index in [1.165, 1.54) is 11.3 Å². The third kappa shape index (κ3) is 4.66. The number of hydrogen-bond donors (Lipinski definition) is 1. The largest absolute Gasteiger partial charge is 0.465 e. The number of carbonyl (C=O) groups excluding carboxylic acids is 1. The average molecular weight is 316 g/mol. The molecule has 4 nitrogen and oxygen atoms in total. The molecule has 1 rings (SSSR count). The van der Waals surface area contributed by atoms with Gasteiger partial charge in [-0.15, -0.1) is 11.3 Å². The van der Waals surface area contributed by atoms with Gasteiger partial charge in [-0.2, -0.15) is 11.8 Å².